The van der Waals surface area contributed by atoms with Gasteiger partial charge in [0.15, 0.2) is 0 Å². The number of hydrogen-bond donors (Lipinski definition) is 2. The summed E-state index contributed by atoms with van der Waals surface area (Å²) in [6.07, 6.45) is 2.17. The first kappa shape index (κ1) is 9.46. The van der Waals surface area contributed by atoms with Gasteiger partial charge < -0.3 is 11.1 Å². The van der Waals surface area contributed by atoms with Crippen molar-refractivity contribution in [1.82, 2.24) is 5.32 Å². The van der Waals surface area contributed by atoms with Crippen LogP contribution in [0.5, 0.6) is 0 Å². The summed E-state index contributed by atoms with van der Waals surface area (Å²) < 4.78 is 13.2. The first-order valence-electron chi connectivity index (χ1n) is 5.03. The van der Waals surface area contributed by atoms with E-state index in [0.717, 1.165) is 31.5 Å². The van der Waals surface area contributed by atoms with E-state index in [2.05, 4.69) is 5.32 Å². The standard InChI is InChI=1S/C11H15FN2/c12-10-7-9(1-2-11(10)13)8-3-5-14-6-4-8/h1-2,7-8,14H,3-6,13H2. The first-order valence-corrected chi connectivity index (χ1v) is 5.03. The molecule has 0 atom stereocenters. The fraction of sp³-hybridized carbons (Fsp3) is 0.455. The molecule has 0 amide bonds. The Morgan fingerprint density at radius 1 is 1.29 bits per heavy atom. The number of nitrogens with one attached hydrogen (secondary N) is 1. The molecule has 0 spiro atoms. The lowest BCUT2D eigenvalue weighted by atomic mass is 9.90. The van der Waals surface area contributed by atoms with Gasteiger partial charge in [0.2, 0.25) is 0 Å². The van der Waals surface area contributed by atoms with E-state index in [-0.39, 0.29) is 11.5 Å². The molecule has 0 aliphatic carbocycles. The van der Waals surface area contributed by atoms with E-state index in [1.54, 1.807) is 12.1 Å². The van der Waals surface area contributed by atoms with Gasteiger partial charge in [-0.15, -0.1) is 0 Å². The fourth-order valence-electron chi connectivity index (χ4n) is 1.95. The fourth-order valence-corrected chi connectivity index (χ4v) is 1.95. The van der Waals surface area contributed by atoms with Crippen LogP contribution in [0, 0.1) is 5.82 Å². The van der Waals surface area contributed by atoms with Crippen LogP contribution < -0.4 is 11.1 Å². The number of nitrogens with two attached hydrogens (primary N) is 1. The van der Waals surface area contributed by atoms with Crippen molar-refractivity contribution in [1.29, 1.82) is 0 Å². The zero-order valence-electron chi connectivity index (χ0n) is 8.09. The third-order valence-electron chi connectivity index (χ3n) is 2.84. The lowest BCUT2D eigenvalue weighted by Gasteiger charge is -2.23. The normalized spacial score (nSPS) is 18.4. The summed E-state index contributed by atoms with van der Waals surface area (Å²) in [5.74, 6) is 0.201. The molecule has 0 radical (unpaired) electrons. The maximum atomic E-state index is 13.2. The maximum absolute atomic E-state index is 13.2. The van der Waals surface area contributed by atoms with Crippen LogP contribution in [0.4, 0.5) is 10.1 Å². The Hall–Kier alpha value is -1.09. The summed E-state index contributed by atoms with van der Waals surface area (Å²) in [6, 6.07) is 5.17. The Morgan fingerprint density at radius 2 is 2.00 bits per heavy atom. The van der Waals surface area contributed by atoms with E-state index in [0.29, 0.717) is 5.92 Å². The number of rotatable bonds is 1. The third-order valence-corrected chi connectivity index (χ3v) is 2.84. The van der Waals surface area contributed by atoms with Crippen molar-refractivity contribution in [2.75, 3.05) is 18.8 Å². The quantitative estimate of drug-likeness (QED) is 0.670. The van der Waals surface area contributed by atoms with E-state index >= 15 is 0 Å². The topological polar surface area (TPSA) is 38.0 Å². The van der Waals surface area contributed by atoms with Crippen LogP contribution in [0.2, 0.25) is 0 Å². The summed E-state index contributed by atoms with van der Waals surface area (Å²) in [4.78, 5) is 0. The molecule has 0 unspecified atom stereocenters. The molecular weight excluding hydrogens is 179 g/mol. The molecule has 1 aliphatic rings. The highest BCUT2D eigenvalue weighted by Crippen LogP contribution is 2.26. The van der Waals surface area contributed by atoms with E-state index < -0.39 is 0 Å². The summed E-state index contributed by atoms with van der Waals surface area (Å²) in [5.41, 5.74) is 6.75. The van der Waals surface area contributed by atoms with Crippen LogP contribution in [-0.4, -0.2) is 13.1 Å². The van der Waals surface area contributed by atoms with E-state index in [1.807, 2.05) is 6.07 Å². The van der Waals surface area contributed by atoms with Crippen molar-refractivity contribution in [2.45, 2.75) is 18.8 Å². The second-order valence-corrected chi connectivity index (χ2v) is 3.81. The Labute approximate surface area is 83.3 Å². The average molecular weight is 194 g/mol. The van der Waals surface area contributed by atoms with Crippen molar-refractivity contribution < 1.29 is 4.39 Å². The first-order chi connectivity index (χ1) is 6.77. The number of piperidine rings is 1. The van der Waals surface area contributed by atoms with Gasteiger partial charge in [0.05, 0.1) is 5.69 Å². The number of hydrogen-bond acceptors (Lipinski definition) is 2. The Bertz CT molecular complexity index is 319. The molecule has 0 saturated carbocycles. The highest BCUT2D eigenvalue weighted by Gasteiger charge is 2.15. The second kappa shape index (κ2) is 3.96. The lowest BCUT2D eigenvalue weighted by molar-refractivity contribution is 0.458. The zero-order valence-corrected chi connectivity index (χ0v) is 8.09. The third kappa shape index (κ3) is 1.87. The molecule has 3 N–H and O–H groups in total. The van der Waals surface area contributed by atoms with Crippen molar-refractivity contribution in [3.05, 3.63) is 29.6 Å². The number of benzene rings is 1. The molecule has 0 aromatic heterocycles. The molecule has 1 fully saturated rings. The Kier molecular flexibility index (Phi) is 2.68. The Balaban J connectivity index is 2.18. The predicted octanol–water partition coefficient (Wildman–Crippen LogP) is 1.87. The van der Waals surface area contributed by atoms with E-state index in [4.69, 9.17) is 5.73 Å². The SMILES string of the molecule is Nc1ccc(C2CCNCC2)cc1F. The van der Waals surface area contributed by atoms with Gasteiger partial charge in [-0.05, 0) is 49.5 Å². The summed E-state index contributed by atoms with van der Waals surface area (Å²) in [7, 11) is 0. The van der Waals surface area contributed by atoms with Crippen molar-refractivity contribution >= 4 is 5.69 Å². The van der Waals surface area contributed by atoms with Crippen LogP contribution in [0.1, 0.15) is 24.3 Å². The van der Waals surface area contributed by atoms with Gasteiger partial charge in [0.1, 0.15) is 5.82 Å². The smallest absolute Gasteiger partial charge is 0.146 e. The molecule has 2 rings (SSSR count). The van der Waals surface area contributed by atoms with Gasteiger partial charge in [-0.3, -0.25) is 0 Å². The van der Waals surface area contributed by atoms with Crippen LogP contribution >= 0.6 is 0 Å². The summed E-state index contributed by atoms with van der Waals surface area (Å²) in [5, 5.41) is 3.29. The molecule has 2 nitrogen and oxygen atoms in total. The second-order valence-electron chi connectivity index (χ2n) is 3.81. The molecule has 1 aromatic carbocycles. The maximum Gasteiger partial charge on any atom is 0.146 e. The minimum atomic E-state index is -0.291. The molecule has 1 aromatic rings. The van der Waals surface area contributed by atoms with Gasteiger partial charge in [0, 0.05) is 0 Å². The highest BCUT2D eigenvalue weighted by molar-refractivity contribution is 5.42. The average Bonchev–Trinajstić information content (AvgIpc) is 2.23. The van der Waals surface area contributed by atoms with Gasteiger partial charge in [-0.2, -0.15) is 0 Å². The predicted molar refractivity (Wildman–Crippen MR) is 55.7 cm³/mol. The van der Waals surface area contributed by atoms with E-state index in [1.165, 1.54) is 0 Å². The van der Waals surface area contributed by atoms with Crippen molar-refractivity contribution in [2.24, 2.45) is 0 Å². The zero-order chi connectivity index (χ0) is 9.97. The van der Waals surface area contributed by atoms with Crippen LogP contribution in [0.25, 0.3) is 0 Å². The van der Waals surface area contributed by atoms with E-state index in [9.17, 15) is 4.39 Å². The number of anilines is 1. The van der Waals surface area contributed by atoms with Gasteiger partial charge in [-0.25, -0.2) is 4.39 Å². The van der Waals surface area contributed by atoms with Crippen molar-refractivity contribution in [3.8, 4) is 0 Å². The molecule has 76 valence electrons. The van der Waals surface area contributed by atoms with Gasteiger partial charge in [0.25, 0.3) is 0 Å². The number of nitrogen functional groups attached to an aromatic ring is 1. The lowest BCUT2D eigenvalue weighted by Crippen LogP contribution is -2.26. The molecule has 1 heterocycles. The minimum Gasteiger partial charge on any atom is -0.396 e. The molecule has 1 saturated heterocycles. The summed E-state index contributed by atoms with van der Waals surface area (Å²) >= 11 is 0. The Morgan fingerprint density at radius 3 is 2.64 bits per heavy atom. The van der Waals surface area contributed by atoms with Gasteiger partial charge >= 0.3 is 0 Å². The van der Waals surface area contributed by atoms with Crippen LogP contribution in [-0.2, 0) is 0 Å². The molecule has 14 heavy (non-hydrogen) atoms. The van der Waals surface area contributed by atoms with Crippen molar-refractivity contribution in [3.63, 3.8) is 0 Å². The molecule has 3 heteroatoms. The molecule has 0 bridgehead atoms. The van der Waals surface area contributed by atoms with Crippen LogP contribution in [0.15, 0.2) is 18.2 Å². The molecular formula is C11H15FN2. The minimum absolute atomic E-state index is 0.239. The van der Waals surface area contributed by atoms with Gasteiger partial charge in [-0.1, -0.05) is 6.07 Å². The highest BCUT2D eigenvalue weighted by atomic mass is 19.1. The van der Waals surface area contributed by atoms with Crippen LogP contribution in [0.3, 0.4) is 0 Å². The number of halogens is 1. The molecule has 1 aliphatic heterocycles. The monoisotopic (exact) mass is 194 g/mol. The largest absolute Gasteiger partial charge is 0.396 e. The summed E-state index contributed by atoms with van der Waals surface area (Å²) in [6.45, 7) is 2.05.